The van der Waals surface area contributed by atoms with E-state index in [0.717, 1.165) is 17.1 Å². The molecule has 1 aliphatic rings. The van der Waals surface area contributed by atoms with Gasteiger partial charge in [-0.15, -0.1) is 0 Å². The number of anilines is 3. The van der Waals surface area contributed by atoms with Crippen molar-refractivity contribution >= 4 is 38.6 Å². The van der Waals surface area contributed by atoms with Gasteiger partial charge in [-0.25, -0.2) is 0 Å². The number of hydrogen-bond donors (Lipinski definition) is 0. The van der Waals surface area contributed by atoms with E-state index in [2.05, 4.69) is 187 Å². The summed E-state index contributed by atoms with van der Waals surface area (Å²) >= 11 is 0. The van der Waals surface area contributed by atoms with Crippen LogP contribution in [0.1, 0.15) is 59.7 Å². The molecule has 0 radical (unpaired) electrons. The Morgan fingerprint density at radius 1 is 0.417 bits per heavy atom. The summed E-state index contributed by atoms with van der Waals surface area (Å²) in [4.78, 5) is 2.37. The molecule has 1 atom stereocenters. The van der Waals surface area contributed by atoms with E-state index in [1.165, 1.54) is 71.6 Å². The zero-order chi connectivity index (χ0) is 33.4. The lowest BCUT2D eigenvalue weighted by Crippen LogP contribution is -2.47. The van der Waals surface area contributed by atoms with Gasteiger partial charge in [-0.1, -0.05) is 129 Å². The predicted molar refractivity (Wildman–Crippen MR) is 206 cm³/mol. The van der Waals surface area contributed by atoms with Crippen LogP contribution in [0.4, 0.5) is 17.1 Å². The summed E-state index contributed by atoms with van der Waals surface area (Å²) in [6, 6.07) is 50.1. The van der Waals surface area contributed by atoms with Crippen molar-refractivity contribution in [1.29, 1.82) is 0 Å². The summed E-state index contributed by atoms with van der Waals surface area (Å²) in [7, 11) is 0. The molecule has 0 fully saturated rings. The first kappa shape index (κ1) is 30.2. The van der Waals surface area contributed by atoms with Crippen LogP contribution in [-0.2, 0) is 10.8 Å². The number of aryl methyl sites for hydroxylation is 4. The summed E-state index contributed by atoms with van der Waals surface area (Å²) in [6.07, 6.45) is 0. The molecule has 236 valence electrons. The second-order valence-corrected chi connectivity index (χ2v) is 14.6. The van der Waals surface area contributed by atoms with E-state index < -0.39 is 0 Å². The molecule has 0 amide bonds. The quantitative estimate of drug-likeness (QED) is 0.189. The lowest BCUT2D eigenvalue weighted by molar-refractivity contribution is 0.327. The fourth-order valence-corrected chi connectivity index (χ4v) is 8.44. The van der Waals surface area contributed by atoms with Gasteiger partial charge in [0.05, 0.1) is 0 Å². The Labute approximate surface area is 285 Å². The first-order chi connectivity index (χ1) is 23.1. The maximum Gasteiger partial charge on any atom is 0.0461 e. The maximum absolute atomic E-state index is 2.50. The average Bonchev–Trinajstić information content (AvgIpc) is 3.10. The minimum absolute atomic E-state index is 0.200. The highest BCUT2D eigenvalue weighted by molar-refractivity contribution is 6.11. The highest BCUT2D eigenvalue weighted by Gasteiger charge is 2.51. The van der Waals surface area contributed by atoms with Gasteiger partial charge in [-0.2, -0.15) is 0 Å². The topological polar surface area (TPSA) is 3.24 Å². The van der Waals surface area contributed by atoms with E-state index in [-0.39, 0.29) is 10.8 Å². The lowest BCUT2D eigenvalue weighted by Gasteiger charge is -2.51. The Hall–Kier alpha value is -5.14. The van der Waals surface area contributed by atoms with Crippen LogP contribution >= 0.6 is 0 Å². The molecule has 0 saturated carbocycles. The van der Waals surface area contributed by atoms with Crippen molar-refractivity contribution in [1.82, 2.24) is 0 Å². The van der Waals surface area contributed by atoms with Crippen LogP contribution in [0.3, 0.4) is 0 Å². The van der Waals surface area contributed by atoms with Gasteiger partial charge in [0.15, 0.2) is 0 Å². The molecule has 0 N–H and O–H groups in total. The highest BCUT2D eigenvalue weighted by atomic mass is 15.1. The minimum Gasteiger partial charge on any atom is -0.311 e. The zero-order valence-electron chi connectivity index (χ0n) is 29.1. The summed E-state index contributed by atoms with van der Waals surface area (Å²) in [5.74, 6) is 0. The van der Waals surface area contributed by atoms with Gasteiger partial charge in [-0.05, 0) is 125 Å². The first-order valence-electron chi connectivity index (χ1n) is 17.2. The van der Waals surface area contributed by atoms with Gasteiger partial charge < -0.3 is 4.90 Å². The molecular weight excluding hydrogens is 579 g/mol. The van der Waals surface area contributed by atoms with Gasteiger partial charge in [0, 0.05) is 27.9 Å². The van der Waals surface area contributed by atoms with Crippen molar-refractivity contribution in [3.63, 3.8) is 0 Å². The molecule has 0 spiro atoms. The number of rotatable bonds is 4. The third-order valence-electron chi connectivity index (χ3n) is 11.5. The Kier molecular flexibility index (Phi) is 6.90. The number of benzene rings is 7. The molecular formula is C47H43N. The standard InChI is InChI=1S/C47H43N/c1-30-16-22-35(23-17-30)48(36-24-18-31(2)19-25-36)37-26-20-34(21-27-37)47(7)43-29-33(4)39-13-9-11-15-41(39)45(43)44-40-14-10-8-12-38(40)32(3)28-42(44)46(47,5)6/h8-29H,1-7H3. The largest absolute Gasteiger partial charge is 0.311 e. The molecule has 1 unspecified atom stereocenters. The molecule has 8 rings (SSSR count). The van der Waals surface area contributed by atoms with Crippen LogP contribution < -0.4 is 4.90 Å². The van der Waals surface area contributed by atoms with Crippen LogP contribution in [0.25, 0.3) is 32.7 Å². The predicted octanol–water partition coefficient (Wildman–Crippen LogP) is 13.0. The van der Waals surface area contributed by atoms with E-state index >= 15 is 0 Å². The van der Waals surface area contributed by atoms with Gasteiger partial charge in [0.1, 0.15) is 0 Å². The Bertz CT molecular complexity index is 2300. The van der Waals surface area contributed by atoms with Crippen LogP contribution in [0, 0.1) is 27.7 Å². The van der Waals surface area contributed by atoms with Crippen molar-refractivity contribution in [3.05, 3.63) is 172 Å². The van der Waals surface area contributed by atoms with Crippen molar-refractivity contribution in [2.24, 2.45) is 0 Å². The molecule has 1 aliphatic carbocycles. The number of nitrogens with zero attached hydrogens (tertiary/aromatic N) is 1. The fourth-order valence-electron chi connectivity index (χ4n) is 8.44. The van der Waals surface area contributed by atoms with Crippen molar-refractivity contribution < 1.29 is 0 Å². The molecule has 48 heavy (non-hydrogen) atoms. The molecule has 0 bridgehead atoms. The van der Waals surface area contributed by atoms with E-state index in [9.17, 15) is 0 Å². The summed E-state index contributed by atoms with van der Waals surface area (Å²) < 4.78 is 0. The minimum atomic E-state index is -0.296. The Balaban J connectivity index is 1.38. The van der Waals surface area contributed by atoms with Gasteiger partial charge in [-0.3, -0.25) is 0 Å². The Morgan fingerprint density at radius 3 is 1.25 bits per heavy atom. The van der Waals surface area contributed by atoms with Crippen LogP contribution in [-0.4, -0.2) is 0 Å². The van der Waals surface area contributed by atoms with E-state index in [1.807, 2.05) is 0 Å². The molecule has 0 heterocycles. The van der Waals surface area contributed by atoms with Crippen molar-refractivity contribution in [3.8, 4) is 11.1 Å². The molecule has 0 saturated heterocycles. The van der Waals surface area contributed by atoms with Crippen molar-refractivity contribution in [2.75, 3.05) is 4.90 Å². The Morgan fingerprint density at radius 2 is 0.792 bits per heavy atom. The number of fused-ring (bicyclic) bond motifs is 7. The molecule has 7 aromatic carbocycles. The monoisotopic (exact) mass is 621 g/mol. The van der Waals surface area contributed by atoms with E-state index in [1.54, 1.807) is 0 Å². The van der Waals surface area contributed by atoms with E-state index in [4.69, 9.17) is 0 Å². The second-order valence-electron chi connectivity index (χ2n) is 14.6. The molecule has 7 aromatic rings. The summed E-state index contributed by atoms with van der Waals surface area (Å²) in [5, 5.41) is 5.35. The van der Waals surface area contributed by atoms with Gasteiger partial charge in [0.2, 0.25) is 0 Å². The van der Waals surface area contributed by atoms with Crippen LogP contribution in [0.2, 0.25) is 0 Å². The third kappa shape index (κ3) is 4.37. The maximum atomic E-state index is 2.50. The normalized spacial score (nSPS) is 16.5. The molecule has 0 aliphatic heterocycles. The van der Waals surface area contributed by atoms with Crippen LogP contribution in [0.5, 0.6) is 0 Å². The fraction of sp³-hybridized carbons (Fsp3) is 0.191. The van der Waals surface area contributed by atoms with Gasteiger partial charge in [0.25, 0.3) is 0 Å². The lowest BCUT2D eigenvalue weighted by atomic mass is 9.51. The smallest absolute Gasteiger partial charge is 0.0461 e. The first-order valence-corrected chi connectivity index (χ1v) is 17.2. The summed E-state index contributed by atoms with van der Waals surface area (Å²) in [5.41, 5.74) is 15.1. The molecule has 1 heteroatoms. The van der Waals surface area contributed by atoms with E-state index in [0.29, 0.717) is 0 Å². The molecule has 1 nitrogen and oxygen atoms in total. The van der Waals surface area contributed by atoms with Crippen LogP contribution in [0.15, 0.2) is 133 Å². The van der Waals surface area contributed by atoms with Crippen molar-refractivity contribution in [2.45, 2.75) is 59.3 Å². The third-order valence-corrected chi connectivity index (χ3v) is 11.5. The number of hydrogen-bond acceptors (Lipinski definition) is 1. The molecule has 0 aromatic heterocycles. The summed E-state index contributed by atoms with van der Waals surface area (Å²) in [6.45, 7) is 16.3. The second kappa shape index (κ2) is 11.0. The highest BCUT2D eigenvalue weighted by Crippen LogP contribution is 2.60. The SMILES string of the molecule is Cc1ccc(N(c2ccc(C)cc2)c2ccc(C3(C)c4cc(C)c5ccccc5c4-c4c(cc(C)c5ccccc45)C3(C)C)cc2)cc1. The van der Waals surface area contributed by atoms with Gasteiger partial charge >= 0.3 is 0 Å². The average molecular weight is 622 g/mol. The zero-order valence-corrected chi connectivity index (χ0v) is 29.1.